The second-order valence-electron chi connectivity index (χ2n) is 3.73. The first-order chi connectivity index (χ1) is 9.01. The fourth-order valence-corrected chi connectivity index (χ4v) is 2.10. The van der Waals surface area contributed by atoms with Crippen LogP contribution >= 0.6 is 11.3 Å². The summed E-state index contributed by atoms with van der Waals surface area (Å²) in [5.41, 5.74) is -0.00371. The molecule has 2 aromatic rings. The van der Waals surface area contributed by atoms with Crippen molar-refractivity contribution in [2.24, 2.45) is 0 Å². The van der Waals surface area contributed by atoms with Crippen molar-refractivity contribution in [2.45, 2.75) is 6.92 Å². The number of nitro groups is 1. The molecule has 98 valence electrons. The van der Waals surface area contributed by atoms with E-state index in [4.69, 9.17) is 4.74 Å². The summed E-state index contributed by atoms with van der Waals surface area (Å²) in [5, 5.41) is 12.2. The van der Waals surface area contributed by atoms with Crippen LogP contribution in [-0.4, -0.2) is 11.2 Å². The minimum Gasteiger partial charge on any atom is -0.453 e. The van der Waals surface area contributed by atoms with Gasteiger partial charge in [-0.3, -0.25) is 14.9 Å². The van der Waals surface area contributed by atoms with Crippen molar-refractivity contribution in [2.75, 3.05) is 0 Å². The third kappa shape index (κ3) is 2.76. The van der Waals surface area contributed by atoms with Crippen LogP contribution in [0.5, 0.6) is 11.5 Å². The number of aryl methyl sites for hydroxylation is 1. The molecule has 5 nitrogen and oxygen atoms in total. The summed E-state index contributed by atoms with van der Waals surface area (Å²) < 4.78 is 18.9. The number of carbonyl (C=O) groups is 1. The Kier molecular flexibility index (Phi) is 3.57. The summed E-state index contributed by atoms with van der Waals surface area (Å²) in [7, 11) is 0. The second-order valence-corrected chi connectivity index (χ2v) is 4.67. The van der Waals surface area contributed by atoms with Crippen LogP contribution in [0.25, 0.3) is 0 Å². The summed E-state index contributed by atoms with van der Waals surface area (Å²) in [6, 6.07) is 3.54. The van der Waals surface area contributed by atoms with Crippen LogP contribution < -0.4 is 4.74 Å². The predicted molar refractivity (Wildman–Crippen MR) is 67.6 cm³/mol. The van der Waals surface area contributed by atoms with Crippen LogP contribution in [0.15, 0.2) is 23.6 Å². The summed E-state index contributed by atoms with van der Waals surface area (Å²) >= 11 is 1.16. The van der Waals surface area contributed by atoms with Gasteiger partial charge in [0.25, 0.3) is 5.69 Å². The van der Waals surface area contributed by atoms with E-state index in [0.717, 1.165) is 17.4 Å². The molecule has 0 amide bonds. The van der Waals surface area contributed by atoms with Crippen LogP contribution in [-0.2, 0) is 0 Å². The topological polar surface area (TPSA) is 69.4 Å². The van der Waals surface area contributed by atoms with E-state index < -0.39 is 10.7 Å². The van der Waals surface area contributed by atoms with Gasteiger partial charge in [0, 0.05) is 17.0 Å². The van der Waals surface area contributed by atoms with Crippen molar-refractivity contribution in [1.82, 2.24) is 0 Å². The Balaban J connectivity index is 2.33. The maximum Gasteiger partial charge on any atom is 0.275 e. The van der Waals surface area contributed by atoms with Gasteiger partial charge < -0.3 is 4.74 Å². The molecule has 2 rings (SSSR count). The van der Waals surface area contributed by atoms with Crippen molar-refractivity contribution >= 4 is 23.3 Å². The van der Waals surface area contributed by atoms with E-state index in [1.165, 1.54) is 19.1 Å². The van der Waals surface area contributed by atoms with Gasteiger partial charge in [-0.1, -0.05) is 0 Å². The van der Waals surface area contributed by atoms with E-state index in [9.17, 15) is 19.3 Å². The summed E-state index contributed by atoms with van der Waals surface area (Å²) in [5.74, 6) is -0.617. The lowest BCUT2D eigenvalue weighted by Crippen LogP contribution is -1.95. The number of aldehydes is 1. The zero-order valence-electron chi connectivity index (χ0n) is 9.75. The largest absolute Gasteiger partial charge is 0.453 e. The van der Waals surface area contributed by atoms with Crippen molar-refractivity contribution in [1.29, 1.82) is 0 Å². The second kappa shape index (κ2) is 5.15. The average molecular weight is 281 g/mol. The first-order valence-electron chi connectivity index (χ1n) is 5.17. The lowest BCUT2D eigenvalue weighted by molar-refractivity contribution is -0.385. The van der Waals surface area contributed by atoms with Gasteiger partial charge in [-0.2, -0.15) is 0 Å². The molecule has 1 aromatic heterocycles. The quantitative estimate of drug-likeness (QED) is 0.486. The van der Waals surface area contributed by atoms with Crippen molar-refractivity contribution in [3.05, 3.63) is 50.0 Å². The molecule has 0 aliphatic rings. The van der Waals surface area contributed by atoms with Gasteiger partial charge in [0.15, 0.2) is 17.9 Å². The molecule has 0 radical (unpaired) electrons. The van der Waals surface area contributed by atoms with Gasteiger partial charge in [0.2, 0.25) is 0 Å². The number of rotatable bonds is 4. The van der Waals surface area contributed by atoms with Crippen LogP contribution in [0.4, 0.5) is 10.1 Å². The molecule has 0 fully saturated rings. The third-order valence-corrected chi connectivity index (χ3v) is 3.22. The van der Waals surface area contributed by atoms with Crippen LogP contribution in [0.3, 0.4) is 0 Å². The van der Waals surface area contributed by atoms with Gasteiger partial charge in [-0.15, -0.1) is 11.3 Å². The summed E-state index contributed by atoms with van der Waals surface area (Å²) in [4.78, 5) is 21.0. The minimum atomic E-state index is -0.823. The molecule has 0 aliphatic carbocycles. The molecular formula is C12H8FNO4S. The highest BCUT2D eigenvalue weighted by atomic mass is 32.1. The smallest absolute Gasteiger partial charge is 0.275 e. The molecule has 0 aliphatic heterocycles. The van der Waals surface area contributed by atoms with Gasteiger partial charge >= 0.3 is 0 Å². The summed E-state index contributed by atoms with van der Waals surface area (Å²) in [6.07, 6.45) is 0.662. The van der Waals surface area contributed by atoms with E-state index in [1.807, 2.05) is 0 Å². The maximum absolute atomic E-state index is 13.7. The molecule has 19 heavy (non-hydrogen) atoms. The molecule has 0 bridgehead atoms. The Morgan fingerprint density at radius 2 is 2.16 bits per heavy atom. The zero-order chi connectivity index (χ0) is 14.0. The molecule has 0 saturated carbocycles. The van der Waals surface area contributed by atoms with Gasteiger partial charge in [0.1, 0.15) is 5.75 Å². The fourth-order valence-electron chi connectivity index (χ4n) is 1.50. The number of nitrogens with zero attached hydrogens (tertiary/aromatic N) is 1. The lowest BCUT2D eigenvalue weighted by Gasteiger charge is -2.06. The maximum atomic E-state index is 13.7. The monoisotopic (exact) mass is 281 g/mol. The molecule has 0 spiro atoms. The van der Waals surface area contributed by atoms with E-state index in [-0.39, 0.29) is 11.4 Å². The highest BCUT2D eigenvalue weighted by Crippen LogP contribution is 2.32. The molecule has 1 heterocycles. The number of halogens is 1. The number of nitro benzene ring substituents is 1. The van der Waals surface area contributed by atoms with E-state index in [0.29, 0.717) is 22.5 Å². The molecule has 0 N–H and O–H groups in total. The standard InChI is InChI=1S/C12H8FNO4S/c1-7-2-12(10(13)4-11(7)14(16)17)18-8-3-9(5-15)19-6-8/h2-6H,1H3. The number of carbonyl (C=O) groups excluding carboxylic acids is 1. The number of thiophene rings is 1. The normalized spacial score (nSPS) is 10.2. The van der Waals surface area contributed by atoms with E-state index in [2.05, 4.69) is 0 Å². The lowest BCUT2D eigenvalue weighted by atomic mass is 10.2. The van der Waals surface area contributed by atoms with Gasteiger partial charge in [-0.05, 0) is 13.0 Å². The van der Waals surface area contributed by atoms with E-state index >= 15 is 0 Å². The number of benzene rings is 1. The third-order valence-electron chi connectivity index (χ3n) is 2.39. The molecule has 1 aromatic carbocycles. The molecule has 0 atom stereocenters. The van der Waals surface area contributed by atoms with E-state index in [1.54, 1.807) is 5.38 Å². The zero-order valence-corrected chi connectivity index (χ0v) is 10.6. The Bertz CT molecular complexity index is 653. The molecule has 0 unspecified atom stereocenters. The molecular weight excluding hydrogens is 273 g/mol. The Hall–Kier alpha value is -2.28. The summed E-state index contributed by atoms with van der Waals surface area (Å²) in [6.45, 7) is 1.49. The number of hydrogen-bond donors (Lipinski definition) is 0. The Morgan fingerprint density at radius 1 is 1.42 bits per heavy atom. The van der Waals surface area contributed by atoms with Crippen LogP contribution in [0.1, 0.15) is 15.2 Å². The number of ether oxygens (including phenoxy) is 1. The Morgan fingerprint density at radius 3 is 2.74 bits per heavy atom. The molecule has 7 heteroatoms. The SMILES string of the molecule is Cc1cc(Oc2csc(C=O)c2)c(F)cc1[N+](=O)[O-]. The fraction of sp³-hybridized carbons (Fsp3) is 0.0833. The van der Waals surface area contributed by atoms with Crippen molar-refractivity contribution in [3.8, 4) is 11.5 Å². The van der Waals surface area contributed by atoms with Crippen LogP contribution in [0, 0.1) is 22.9 Å². The van der Waals surface area contributed by atoms with Gasteiger partial charge in [-0.25, -0.2) is 4.39 Å². The first kappa shape index (κ1) is 13.2. The van der Waals surface area contributed by atoms with Crippen LogP contribution in [0.2, 0.25) is 0 Å². The van der Waals surface area contributed by atoms with Crippen molar-refractivity contribution < 1.29 is 18.8 Å². The highest BCUT2D eigenvalue weighted by Gasteiger charge is 2.17. The molecule has 0 saturated heterocycles. The first-order valence-corrected chi connectivity index (χ1v) is 6.05. The highest BCUT2D eigenvalue weighted by molar-refractivity contribution is 7.11. The average Bonchev–Trinajstić information content (AvgIpc) is 2.80. The number of hydrogen-bond acceptors (Lipinski definition) is 5. The Labute approximate surface area is 111 Å². The van der Waals surface area contributed by atoms with Gasteiger partial charge in [0.05, 0.1) is 15.9 Å². The predicted octanol–water partition coefficient (Wildman–Crippen LogP) is 3.71. The van der Waals surface area contributed by atoms with Crippen molar-refractivity contribution in [3.63, 3.8) is 0 Å². The minimum absolute atomic E-state index is 0.113.